The first-order valence-corrected chi connectivity index (χ1v) is 7.60. The highest BCUT2D eigenvalue weighted by Crippen LogP contribution is 2.49. The molecule has 0 saturated heterocycles. The fourth-order valence-electron chi connectivity index (χ4n) is 4.03. The molecule has 0 aromatic heterocycles. The van der Waals surface area contributed by atoms with Gasteiger partial charge in [-0.25, -0.2) is 0 Å². The van der Waals surface area contributed by atoms with Gasteiger partial charge >= 0.3 is 5.97 Å². The first-order chi connectivity index (χ1) is 8.61. The molecule has 2 saturated carbocycles. The molecule has 3 nitrogen and oxygen atoms in total. The normalized spacial score (nSPS) is 33.6. The average Bonchev–Trinajstić information content (AvgIpc) is 2.95. The summed E-state index contributed by atoms with van der Waals surface area (Å²) in [5, 5.41) is 12.6. The highest BCUT2D eigenvalue weighted by Gasteiger charge is 2.42. The number of aliphatic carboxylic acids is 1. The number of rotatable bonds is 7. The molecule has 0 heterocycles. The van der Waals surface area contributed by atoms with Gasteiger partial charge in [-0.1, -0.05) is 26.2 Å². The van der Waals surface area contributed by atoms with Gasteiger partial charge < -0.3 is 10.4 Å². The minimum absolute atomic E-state index is 0.348. The van der Waals surface area contributed by atoms with E-state index >= 15 is 0 Å². The highest BCUT2D eigenvalue weighted by molar-refractivity contribution is 5.73. The Morgan fingerprint density at radius 3 is 2.67 bits per heavy atom. The summed E-state index contributed by atoms with van der Waals surface area (Å²) in [6, 6.07) is 0.0114. The molecular weight excluding hydrogens is 226 g/mol. The first-order valence-electron chi connectivity index (χ1n) is 7.60. The van der Waals surface area contributed by atoms with Crippen molar-refractivity contribution < 1.29 is 9.90 Å². The Kier molecular flexibility index (Phi) is 4.66. The van der Waals surface area contributed by atoms with E-state index in [0.717, 1.165) is 31.1 Å². The van der Waals surface area contributed by atoms with Crippen LogP contribution in [-0.2, 0) is 4.79 Å². The van der Waals surface area contributed by atoms with Crippen LogP contribution in [0.25, 0.3) is 0 Å². The lowest BCUT2D eigenvalue weighted by Gasteiger charge is -2.30. The molecule has 2 N–H and O–H groups in total. The number of nitrogens with one attached hydrogen (secondary N) is 1. The summed E-state index contributed by atoms with van der Waals surface area (Å²) in [6.45, 7) is 4.30. The van der Waals surface area contributed by atoms with Crippen molar-refractivity contribution >= 4 is 5.97 Å². The van der Waals surface area contributed by atoms with Crippen molar-refractivity contribution in [2.75, 3.05) is 0 Å². The Morgan fingerprint density at radius 2 is 2.17 bits per heavy atom. The van der Waals surface area contributed by atoms with Crippen molar-refractivity contribution in [1.82, 2.24) is 5.32 Å². The summed E-state index contributed by atoms with van der Waals surface area (Å²) >= 11 is 0. The van der Waals surface area contributed by atoms with Gasteiger partial charge in [-0.2, -0.15) is 0 Å². The van der Waals surface area contributed by atoms with Gasteiger partial charge in [0.25, 0.3) is 0 Å². The van der Waals surface area contributed by atoms with Gasteiger partial charge in [-0.3, -0.25) is 4.79 Å². The van der Waals surface area contributed by atoms with Crippen molar-refractivity contribution in [2.24, 2.45) is 17.8 Å². The molecule has 0 aromatic carbocycles. The van der Waals surface area contributed by atoms with Gasteiger partial charge in [0.2, 0.25) is 0 Å². The van der Waals surface area contributed by atoms with E-state index in [2.05, 4.69) is 19.2 Å². The van der Waals surface area contributed by atoms with Crippen LogP contribution in [0, 0.1) is 17.8 Å². The van der Waals surface area contributed by atoms with Crippen molar-refractivity contribution in [2.45, 2.75) is 70.9 Å². The van der Waals surface area contributed by atoms with Gasteiger partial charge in [-0.15, -0.1) is 0 Å². The van der Waals surface area contributed by atoms with Crippen LogP contribution >= 0.6 is 0 Å². The molecule has 104 valence electrons. The molecule has 2 rings (SSSR count). The maximum Gasteiger partial charge on any atom is 0.320 e. The Bertz CT molecular complexity index is 292. The lowest BCUT2D eigenvalue weighted by molar-refractivity contribution is -0.140. The van der Waals surface area contributed by atoms with Crippen LogP contribution < -0.4 is 5.32 Å². The Balaban J connectivity index is 1.84. The molecule has 5 atom stereocenters. The van der Waals surface area contributed by atoms with Crippen LogP contribution in [0.15, 0.2) is 0 Å². The molecule has 2 aliphatic rings. The van der Waals surface area contributed by atoms with Crippen LogP contribution in [0.4, 0.5) is 0 Å². The Labute approximate surface area is 110 Å². The molecule has 3 heteroatoms. The lowest BCUT2D eigenvalue weighted by atomic mass is 9.83. The van der Waals surface area contributed by atoms with Crippen LogP contribution in [0.2, 0.25) is 0 Å². The molecule has 5 unspecified atom stereocenters. The van der Waals surface area contributed by atoms with Crippen molar-refractivity contribution in [1.29, 1.82) is 0 Å². The lowest BCUT2D eigenvalue weighted by Crippen LogP contribution is -2.46. The minimum atomic E-state index is -0.682. The standard InChI is InChI=1S/C15H27NO2/c1-3-4-5-14(15(17)18)16-10(2)13-9-11-6-7-12(13)8-11/h10-14,16H,3-9H2,1-2H3,(H,17,18). The molecule has 0 spiro atoms. The van der Waals surface area contributed by atoms with Crippen molar-refractivity contribution in [3.63, 3.8) is 0 Å². The summed E-state index contributed by atoms with van der Waals surface area (Å²) in [6.07, 6.45) is 8.31. The van der Waals surface area contributed by atoms with E-state index in [9.17, 15) is 9.90 Å². The summed E-state index contributed by atoms with van der Waals surface area (Å²) in [7, 11) is 0. The van der Waals surface area contributed by atoms with Crippen molar-refractivity contribution in [3.8, 4) is 0 Å². The van der Waals surface area contributed by atoms with Crippen LogP contribution in [0.1, 0.15) is 58.8 Å². The number of unbranched alkanes of at least 4 members (excludes halogenated alkanes) is 1. The Hall–Kier alpha value is -0.570. The molecular formula is C15H27NO2. The van der Waals surface area contributed by atoms with E-state index in [4.69, 9.17) is 0 Å². The summed E-state index contributed by atoms with van der Waals surface area (Å²) in [4.78, 5) is 11.3. The summed E-state index contributed by atoms with van der Waals surface area (Å²) in [5.74, 6) is 1.83. The zero-order valence-corrected chi connectivity index (χ0v) is 11.7. The zero-order valence-electron chi connectivity index (χ0n) is 11.7. The molecule has 18 heavy (non-hydrogen) atoms. The quantitative estimate of drug-likeness (QED) is 0.733. The maximum absolute atomic E-state index is 11.3. The number of fused-ring (bicyclic) bond motifs is 2. The number of carboxylic acid groups (broad SMARTS) is 1. The second kappa shape index (κ2) is 6.05. The van der Waals surface area contributed by atoms with Crippen molar-refractivity contribution in [3.05, 3.63) is 0 Å². The summed E-state index contributed by atoms with van der Waals surface area (Å²) in [5.41, 5.74) is 0. The summed E-state index contributed by atoms with van der Waals surface area (Å²) < 4.78 is 0. The molecule has 2 fully saturated rings. The zero-order chi connectivity index (χ0) is 13.1. The second-order valence-corrected chi connectivity index (χ2v) is 6.33. The smallest absolute Gasteiger partial charge is 0.320 e. The molecule has 0 radical (unpaired) electrons. The van der Waals surface area contributed by atoms with Crippen LogP contribution in [0.3, 0.4) is 0 Å². The molecule has 0 amide bonds. The van der Waals surface area contributed by atoms with E-state index in [1.165, 1.54) is 25.7 Å². The Morgan fingerprint density at radius 1 is 1.39 bits per heavy atom. The second-order valence-electron chi connectivity index (χ2n) is 6.33. The van der Waals surface area contributed by atoms with E-state index in [1.54, 1.807) is 0 Å². The van der Waals surface area contributed by atoms with Gasteiger partial charge in [0.05, 0.1) is 0 Å². The van der Waals surface area contributed by atoms with E-state index in [1.807, 2.05) is 0 Å². The predicted octanol–water partition coefficient (Wildman–Crippen LogP) is 3.04. The molecule has 2 aliphatic carbocycles. The molecule has 0 aromatic rings. The van der Waals surface area contributed by atoms with Gasteiger partial charge in [0.1, 0.15) is 6.04 Å². The third-order valence-corrected chi connectivity index (χ3v) is 5.04. The van der Waals surface area contributed by atoms with E-state index in [-0.39, 0.29) is 6.04 Å². The average molecular weight is 253 g/mol. The molecule has 2 bridgehead atoms. The third kappa shape index (κ3) is 3.05. The largest absolute Gasteiger partial charge is 0.480 e. The SMILES string of the molecule is CCCCC(NC(C)C1CC2CCC1C2)C(=O)O. The third-order valence-electron chi connectivity index (χ3n) is 5.04. The number of hydrogen-bond acceptors (Lipinski definition) is 2. The number of carbonyl (C=O) groups is 1. The minimum Gasteiger partial charge on any atom is -0.480 e. The fraction of sp³-hybridized carbons (Fsp3) is 0.933. The van der Waals surface area contributed by atoms with Crippen LogP contribution in [-0.4, -0.2) is 23.2 Å². The number of carboxylic acids is 1. The number of hydrogen-bond donors (Lipinski definition) is 2. The highest BCUT2D eigenvalue weighted by atomic mass is 16.4. The topological polar surface area (TPSA) is 49.3 Å². The van der Waals surface area contributed by atoms with Gasteiger partial charge in [0.15, 0.2) is 0 Å². The van der Waals surface area contributed by atoms with E-state index < -0.39 is 5.97 Å². The fourth-order valence-corrected chi connectivity index (χ4v) is 4.03. The van der Waals surface area contributed by atoms with Crippen LogP contribution in [0.5, 0.6) is 0 Å². The van der Waals surface area contributed by atoms with E-state index in [0.29, 0.717) is 12.0 Å². The molecule has 0 aliphatic heterocycles. The predicted molar refractivity (Wildman–Crippen MR) is 72.5 cm³/mol. The van der Waals surface area contributed by atoms with Gasteiger partial charge in [-0.05, 0) is 50.4 Å². The van der Waals surface area contributed by atoms with Gasteiger partial charge in [0, 0.05) is 6.04 Å². The maximum atomic E-state index is 11.3. The first kappa shape index (κ1) is 13.9. The monoisotopic (exact) mass is 253 g/mol.